The highest BCUT2D eigenvalue weighted by atomic mass is 16.2. The first-order valence-corrected chi connectivity index (χ1v) is 7.34. The maximum absolute atomic E-state index is 12.2. The fraction of sp³-hybridized carbons (Fsp3) is 0.500. The fourth-order valence-corrected chi connectivity index (χ4v) is 2.64. The van der Waals surface area contributed by atoms with Crippen LogP contribution in [0.1, 0.15) is 43.2 Å². The van der Waals surface area contributed by atoms with Crippen LogP contribution in [0.25, 0.3) is 0 Å². The number of hydrogen-bond acceptors (Lipinski definition) is 2. The Hall–Kier alpha value is -1.84. The summed E-state index contributed by atoms with van der Waals surface area (Å²) in [7, 11) is 0. The summed E-state index contributed by atoms with van der Waals surface area (Å²) < 4.78 is 0. The molecule has 0 bridgehead atoms. The zero-order valence-corrected chi connectivity index (χ0v) is 11.9. The number of fused-ring (bicyclic) bond motifs is 1. The second-order valence-electron chi connectivity index (χ2n) is 5.21. The zero-order valence-electron chi connectivity index (χ0n) is 11.9. The Bertz CT molecular complexity index is 485. The van der Waals surface area contributed by atoms with Crippen LogP contribution in [0.4, 0.5) is 0 Å². The van der Waals surface area contributed by atoms with Gasteiger partial charge in [0.25, 0.3) is 0 Å². The van der Waals surface area contributed by atoms with E-state index in [1.165, 1.54) is 5.56 Å². The van der Waals surface area contributed by atoms with Crippen molar-refractivity contribution in [2.45, 2.75) is 38.5 Å². The first-order chi connectivity index (χ1) is 9.72. The predicted molar refractivity (Wildman–Crippen MR) is 78.4 cm³/mol. The van der Waals surface area contributed by atoms with Crippen molar-refractivity contribution in [3.05, 3.63) is 35.4 Å². The Labute approximate surface area is 119 Å². The third-order valence-corrected chi connectivity index (χ3v) is 3.68. The predicted octanol–water partition coefficient (Wildman–Crippen LogP) is 1.75. The van der Waals surface area contributed by atoms with Gasteiger partial charge in [0.15, 0.2) is 0 Å². The molecule has 0 spiro atoms. The summed E-state index contributed by atoms with van der Waals surface area (Å²) in [5.74, 6) is -0.271. The van der Waals surface area contributed by atoms with E-state index >= 15 is 0 Å². The second-order valence-corrected chi connectivity index (χ2v) is 5.21. The van der Waals surface area contributed by atoms with Crippen molar-refractivity contribution in [1.82, 2.24) is 10.6 Å². The smallest absolute Gasteiger partial charge is 0.239 e. The molecular weight excluding hydrogens is 252 g/mol. The van der Waals surface area contributed by atoms with Crippen molar-refractivity contribution in [3.63, 3.8) is 0 Å². The van der Waals surface area contributed by atoms with Gasteiger partial charge in [0.1, 0.15) is 0 Å². The summed E-state index contributed by atoms with van der Waals surface area (Å²) in [4.78, 5) is 23.8. The average Bonchev–Trinajstić information content (AvgIpc) is 2.50. The van der Waals surface area contributed by atoms with Crippen molar-refractivity contribution >= 4 is 11.8 Å². The average molecular weight is 274 g/mol. The van der Waals surface area contributed by atoms with E-state index in [1.807, 2.05) is 25.1 Å². The number of nitrogens with one attached hydrogen (secondary N) is 2. The van der Waals surface area contributed by atoms with E-state index in [0.717, 1.165) is 31.2 Å². The maximum atomic E-state index is 12.2. The van der Waals surface area contributed by atoms with Gasteiger partial charge in [-0.3, -0.25) is 9.59 Å². The fourth-order valence-electron chi connectivity index (χ4n) is 2.64. The van der Waals surface area contributed by atoms with Gasteiger partial charge in [-0.2, -0.15) is 0 Å². The lowest BCUT2D eigenvalue weighted by molar-refractivity contribution is -0.127. The molecular formula is C16H22N2O2. The molecule has 0 aliphatic heterocycles. The molecule has 0 saturated heterocycles. The normalized spacial score (nSPS) is 17.1. The summed E-state index contributed by atoms with van der Waals surface area (Å²) >= 11 is 0. The van der Waals surface area contributed by atoms with Crippen LogP contribution in [0.2, 0.25) is 0 Å². The van der Waals surface area contributed by atoms with E-state index in [2.05, 4.69) is 16.7 Å². The molecule has 1 atom stereocenters. The van der Waals surface area contributed by atoms with Crippen molar-refractivity contribution in [2.24, 2.45) is 0 Å². The molecule has 0 radical (unpaired) electrons. The van der Waals surface area contributed by atoms with E-state index in [4.69, 9.17) is 0 Å². The van der Waals surface area contributed by atoms with Crippen LogP contribution < -0.4 is 10.6 Å². The van der Waals surface area contributed by atoms with Gasteiger partial charge in [0.2, 0.25) is 11.8 Å². The van der Waals surface area contributed by atoms with Crippen molar-refractivity contribution in [2.75, 3.05) is 13.1 Å². The largest absolute Gasteiger partial charge is 0.355 e. The molecule has 2 amide bonds. The third-order valence-electron chi connectivity index (χ3n) is 3.68. The Morgan fingerprint density at radius 1 is 1.25 bits per heavy atom. The molecule has 4 heteroatoms. The van der Waals surface area contributed by atoms with Crippen LogP contribution in [0, 0.1) is 0 Å². The number of rotatable bonds is 5. The number of carbonyl (C=O) groups is 2. The van der Waals surface area contributed by atoms with E-state index in [1.54, 1.807) is 0 Å². The molecule has 20 heavy (non-hydrogen) atoms. The van der Waals surface area contributed by atoms with Crippen LogP contribution in [-0.2, 0) is 16.0 Å². The Morgan fingerprint density at radius 3 is 2.85 bits per heavy atom. The van der Waals surface area contributed by atoms with Crippen molar-refractivity contribution < 1.29 is 9.59 Å². The van der Waals surface area contributed by atoms with Gasteiger partial charge in [-0.1, -0.05) is 31.2 Å². The number of benzene rings is 1. The third kappa shape index (κ3) is 3.59. The molecule has 1 aliphatic carbocycles. The number of hydrogen-bond donors (Lipinski definition) is 2. The molecule has 1 aromatic rings. The summed E-state index contributed by atoms with van der Waals surface area (Å²) in [6.45, 7) is 2.72. The van der Waals surface area contributed by atoms with Crippen LogP contribution in [0.5, 0.6) is 0 Å². The van der Waals surface area contributed by atoms with Crippen LogP contribution in [-0.4, -0.2) is 24.9 Å². The van der Waals surface area contributed by atoms with Gasteiger partial charge in [0, 0.05) is 6.54 Å². The molecule has 0 fully saturated rings. The molecule has 0 saturated carbocycles. The Balaban J connectivity index is 1.92. The summed E-state index contributed by atoms with van der Waals surface area (Å²) in [5, 5.41) is 5.51. The molecule has 4 nitrogen and oxygen atoms in total. The van der Waals surface area contributed by atoms with Gasteiger partial charge < -0.3 is 10.6 Å². The lowest BCUT2D eigenvalue weighted by Crippen LogP contribution is -2.39. The number of aryl methyl sites for hydroxylation is 1. The summed E-state index contributed by atoms with van der Waals surface area (Å²) in [6, 6.07) is 8.09. The molecule has 2 N–H and O–H groups in total. The standard InChI is InChI=1S/C16H22N2O2/c1-2-10-17-15(19)11-18-16(20)14-9-5-7-12-6-3-4-8-13(12)14/h3-4,6,8,14H,2,5,7,9-11H2,1H3,(H,17,19)(H,18,20). The summed E-state index contributed by atoms with van der Waals surface area (Å²) in [5.41, 5.74) is 2.37. The monoisotopic (exact) mass is 274 g/mol. The van der Waals surface area contributed by atoms with Crippen molar-refractivity contribution in [1.29, 1.82) is 0 Å². The van der Waals surface area contributed by atoms with Crippen molar-refractivity contribution in [3.8, 4) is 0 Å². The molecule has 0 aromatic heterocycles. The molecule has 0 heterocycles. The lowest BCUT2D eigenvalue weighted by atomic mass is 9.82. The highest BCUT2D eigenvalue weighted by Crippen LogP contribution is 2.31. The Morgan fingerprint density at radius 2 is 2.05 bits per heavy atom. The second kappa shape index (κ2) is 7.08. The quantitative estimate of drug-likeness (QED) is 0.859. The highest BCUT2D eigenvalue weighted by molar-refractivity contribution is 5.88. The van der Waals surface area contributed by atoms with Gasteiger partial charge >= 0.3 is 0 Å². The number of carbonyl (C=O) groups excluding carboxylic acids is 2. The lowest BCUT2D eigenvalue weighted by Gasteiger charge is -2.24. The van der Waals surface area contributed by atoms with Gasteiger partial charge in [-0.05, 0) is 36.8 Å². The SMILES string of the molecule is CCCNC(=O)CNC(=O)C1CCCc2ccccc21. The molecule has 2 rings (SSSR count). The van der Waals surface area contributed by atoms with Crippen LogP contribution >= 0.6 is 0 Å². The first kappa shape index (κ1) is 14.6. The topological polar surface area (TPSA) is 58.2 Å². The first-order valence-electron chi connectivity index (χ1n) is 7.34. The minimum absolute atomic E-state index is 0.0381. The number of amides is 2. The minimum atomic E-state index is -0.121. The van der Waals surface area contributed by atoms with E-state index in [9.17, 15) is 9.59 Å². The summed E-state index contributed by atoms with van der Waals surface area (Å²) in [6.07, 6.45) is 3.82. The van der Waals surface area contributed by atoms with Crippen LogP contribution in [0.3, 0.4) is 0 Å². The highest BCUT2D eigenvalue weighted by Gasteiger charge is 2.26. The molecule has 1 aromatic carbocycles. The van der Waals surface area contributed by atoms with E-state index in [-0.39, 0.29) is 24.3 Å². The minimum Gasteiger partial charge on any atom is -0.355 e. The zero-order chi connectivity index (χ0) is 14.4. The van der Waals surface area contributed by atoms with E-state index < -0.39 is 0 Å². The van der Waals surface area contributed by atoms with E-state index in [0.29, 0.717) is 6.54 Å². The molecule has 108 valence electrons. The maximum Gasteiger partial charge on any atom is 0.239 e. The van der Waals surface area contributed by atoms with Gasteiger partial charge in [-0.15, -0.1) is 0 Å². The van der Waals surface area contributed by atoms with Crippen LogP contribution in [0.15, 0.2) is 24.3 Å². The van der Waals surface area contributed by atoms with Gasteiger partial charge in [-0.25, -0.2) is 0 Å². The van der Waals surface area contributed by atoms with Gasteiger partial charge in [0.05, 0.1) is 12.5 Å². The molecule has 1 aliphatic rings. The Kier molecular flexibility index (Phi) is 5.16. The molecule has 1 unspecified atom stereocenters.